The number of amides is 2. The van der Waals surface area contributed by atoms with Crippen LogP contribution in [0.2, 0.25) is 0 Å². The molecule has 2 N–H and O–H groups in total. The first-order valence-electron chi connectivity index (χ1n) is 6.58. The summed E-state index contributed by atoms with van der Waals surface area (Å²) in [5, 5.41) is 10.2. The lowest BCUT2D eigenvalue weighted by Gasteiger charge is -2.17. The topological polar surface area (TPSA) is 86.7 Å². The zero-order valence-corrected chi connectivity index (χ0v) is 13.4. The molecule has 1 rings (SSSR count). The molecule has 10 heteroatoms. The second-order valence-electron chi connectivity index (χ2n) is 4.49. The molecule has 1 aromatic rings. The molecule has 0 atom stereocenters. The molecule has 0 radical (unpaired) electrons. The van der Waals surface area contributed by atoms with Crippen molar-refractivity contribution in [1.29, 1.82) is 0 Å². The number of nitrogens with one attached hydrogen (secondary N) is 1. The van der Waals surface area contributed by atoms with E-state index in [0.29, 0.717) is 24.4 Å². The van der Waals surface area contributed by atoms with Gasteiger partial charge < -0.3 is 15.3 Å². The number of halogens is 3. The lowest BCUT2D eigenvalue weighted by molar-refractivity contribution is -0.167. The average Bonchev–Trinajstić information content (AvgIpc) is 2.75. The number of carbonyl (C=O) groups excluding carboxylic acids is 2. The number of anilines is 1. The molecule has 1 aromatic heterocycles. The molecule has 0 bridgehead atoms. The van der Waals surface area contributed by atoms with E-state index in [1.165, 1.54) is 17.1 Å². The Hall–Kier alpha value is -2.10. The molecular weight excluding hydrogens is 337 g/mol. The number of thiophene rings is 1. The summed E-state index contributed by atoms with van der Waals surface area (Å²) in [5.74, 6) is -4.30. The first-order chi connectivity index (χ1) is 10.5. The van der Waals surface area contributed by atoms with Crippen molar-refractivity contribution in [3.8, 4) is 0 Å². The minimum absolute atomic E-state index is 0.0106. The van der Waals surface area contributed by atoms with Gasteiger partial charge in [0.15, 0.2) is 0 Å². The summed E-state index contributed by atoms with van der Waals surface area (Å²) in [7, 11) is 0. The van der Waals surface area contributed by atoms with Crippen molar-refractivity contribution in [3.63, 3.8) is 0 Å². The van der Waals surface area contributed by atoms with Gasteiger partial charge in [-0.2, -0.15) is 13.2 Å². The molecule has 0 saturated carbocycles. The van der Waals surface area contributed by atoms with E-state index in [0.717, 1.165) is 0 Å². The molecule has 0 unspecified atom stereocenters. The highest BCUT2D eigenvalue weighted by atomic mass is 32.1. The van der Waals surface area contributed by atoms with E-state index < -0.39 is 34.5 Å². The molecule has 0 aliphatic carbocycles. The Labute approximate surface area is 133 Å². The number of carboxylic acid groups (broad SMARTS) is 1. The smallest absolute Gasteiger partial charge is 0.471 e. The van der Waals surface area contributed by atoms with E-state index in [2.05, 4.69) is 0 Å². The molecule has 0 fully saturated rings. The van der Waals surface area contributed by atoms with Crippen LogP contribution in [0, 0.1) is 6.92 Å². The minimum atomic E-state index is -5.16. The Kier molecular flexibility index (Phi) is 5.75. The summed E-state index contributed by atoms with van der Waals surface area (Å²) < 4.78 is 37.0. The van der Waals surface area contributed by atoms with Gasteiger partial charge in [0.2, 0.25) is 0 Å². The molecule has 2 amide bonds. The highest BCUT2D eigenvalue weighted by Crippen LogP contribution is 2.35. The van der Waals surface area contributed by atoms with Crippen LogP contribution in [-0.2, 0) is 4.79 Å². The minimum Gasteiger partial charge on any atom is -0.478 e. The van der Waals surface area contributed by atoms with Gasteiger partial charge in [-0.1, -0.05) is 0 Å². The van der Waals surface area contributed by atoms with E-state index in [1.54, 1.807) is 13.8 Å². The summed E-state index contributed by atoms with van der Waals surface area (Å²) in [6, 6.07) is 0. The standard InChI is InChI=1S/C13H15F3N2O4S/c1-4-18(5-2)10(19)8-6(3)7(11(20)21)9(23-8)17-12(22)13(14,15)16/h4-5H2,1-3H3,(H,17,22)(H,20,21). The van der Waals surface area contributed by atoms with Crippen molar-refractivity contribution >= 4 is 34.1 Å². The van der Waals surface area contributed by atoms with E-state index >= 15 is 0 Å². The Balaban J connectivity index is 3.33. The van der Waals surface area contributed by atoms with Gasteiger partial charge in [-0.3, -0.25) is 9.59 Å². The summed E-state index contributed by atoms with van der Waals surface area (Å²) in [6.07, 6.45) is -5.16. The molecular formula is C13H15F3N2O4S. The number of carboxylic acids is 1. The SMILES string of the molecule is CCN(CC)C(=O)c1sc(NC(=O)C(F)(F)F)c(C(=O)O)c1C. The third kappa shape index (κ3) is 4.01. The monoisotopic (exact) mass is 352 g/mol. The number of rotatable bonds is 5. The number of alkyl halides is 3. The fraction of sp³-hybridized carbons (Fsp3) is 0.462. The van der Waals surface area contributed by atoms with Gasteiger partial charge in [0.05, 0.1) is 10.4 Å². The van der Waals surface area contributed by atoms with Crippen LogP contribution >= 0.6 is 11.3 Å². The van der Waals surface area contributed by atoms with Crippen LogP contribution in [0.1, 0.15) is 39.4 Å². The van der Waals surface area contributed by atoms with Gasteiger partial charge >= 0.3 is 18.1 Å². The highest BCUT2D eigenvalue weighted by molar-refractivity contribution is 7.18. The normalized spacial score (nSPS) is 11.2. The van der Waals surface area contributed by atoms with Crippen LogP contribution in [0.3, 0.4) is 0 Å². The van der Waals surface area contributed by atoms with Crippen molar-refractivity contribution in [1.82, 2.24) is 4.90 Å². The second-order valence-corrected chi connectivity index (χ2v) is 5.52. The number of hydrogen-bond donors (Lipinski definition) is 2. The molecule has 0 saturated heterocycles. The van der Waals surface area contributed by atoms with Gasteiger partial charge in [0, 0.05) is 13.1 Å². The maximum absolute atomic E-state index is 12.3. The number of hydrogen-bond acceptors (Lipinski definition) is 4. The molecule has 1 heterocycles. The van der Waals surface area contributed by atoms with Crippen LogP contribution in [0.4, 0.5) is 18.2 Å². The molecule has 128 valence electrons. The second kappa shape index (κ2) is 6.99. The number of nitrogens with zero attached hydrogens (tertiary/aromatic N) is 1. The van der Waals surface area contributed by atoms with E-state index in [9.17, 15) is 27.6 Å². The van der Waals surface area contributed by atoms with Gasteiger partial charge in [-0.15, -0.1) is 11.3 Å². The van der Waals surface area contributed by atoms with Crippen LogP contribution in [0.15, 0.2) is 0 Å². The zero-order valence-electron chi connectivity index (χ0n) is 12.6. The van der Waals surface area contributed by atoms with E-state index in [-0.39, 0.29) is 10.4 Å². The van der Waals surface area contributed by atoms with Crippen molar-refractivity contribution in [2.24, 2.45) is 0 Å². The van der Waals surface area contributed by atoms with Gasteiger partial charge in [-0.25, -0.2) is 4.79 Å². The van der Waals surface area contributed by atoms with E-state index in [4.69, 9.17) is 5.11 Å². The quantitative estimate of drug-likeness (QED) is 0.853. The van der Waals surface area contributed by atoms with Crippen LogP contribution in [-0.4, -0.2) is 47.1 Å². The summed E-state index contributed by atoms with van der Waals surface area (Å²) in [5.41, 5.74) is -0.486. The molecule has 0 aliphatic rings. The van der Waals surface area contributed by atoms with Crippen molar-refractivity contribution in [2.75, 3.05) is 18.4 Å². The molecule has 0 aliphatic heterocycles. The first-order valence-corrected chi connectivity index (χ1v) is 7.40. The number of aromatic carboxylic acids is 1. The first kappa shape index (κ1) is 18.9. The van der Waals surface area contributed by atoms with Crippen LogP contribution < -0.4 is 5.32 Å². The Morgan fingerprint density at radius 1 is 1.22 bits per heavy atom. The molecule has 0 spiro atoms. The van der Waals surface area contributed by atoms with Gasteiger partial charge in [0.25, 0.3) is 5.91 Å². The lowest BCUT2D eigenvalue weighted by Crippen LogP contribution is -2.30. The Morgan fingerprint density at radius 3 is 2.13 bits per heavy atom. The molecule has 23 heavy (non-hydrogen) atoms. The highest BCUT2D eigenvalue weighted by Gasteiger charge is 2.40. The van der Waals surface area contributed by atoms with Crippen molar-refractivity contribution in [2.45, 2.75) is 26.9 Å². The van der Waals surface area contributed by atoms with Crippen molar-refractivity contribution in [3.05, 3.63) is 16.0 Å². The Bertz CT molecular complexity index is 636. The van der Waals surface area contributed by atoms with Gasteiger partial charge in [-0.05, 0) is 26.3 Å². The van der Waals surface area contributed by atoms with Gasteiger partial charge in [0.1, 0.15) is 5.00 Å². The molecule has 6 nitrogen and oxygen atoms in total. The Morgan fingerprint density at radius 2 is 1.74 bits per heavy atom. The fourth-order valence-corrected chi connectivity index (χ4v) is 3.05. The summed E-state index contributed by atoms with van der Waals surface area (Å²) in [4.78, 5) is 36.0. The lowest BCUT2D eigenvalue weighted by atomic mass is 10.1. The van der Waals surface area contributed by atoms with E-state index in [1.807, 2.05) is 0 Å². The molecule has 0 aromatic carbocycles. The average molecular weight is 352 g/mol. The summed E-state index contributed by atoms with van der Waals surface area (Å²) >= 11 is 0.522. The maximum Gasteiger partial charge on any atom is 0.471 e. The zero-order chi connectivity index (χ0) is 17.9. The largest absolute Gasteiger partial charge is 0.478 e. The predicted molar refractivity (Wildman–Crippen MR) is 78.0 cm³/mol. The third-order valence-electron chi connectivity index (χ3n) is 3.09. The summed E-state index contributed by atoms with van der Waals surface area (Å²) in [6.45, 7) is 5.47. The number of carbonyl (C=O) groups is 3. The van der Waals surface area contributed by atoms with Crippen LogP contribution in [0.5, 0.6) is 0 Å². The third-order valence-corrected chi connectivity index (χ3v) is 4.29. The van der Waals surface area contributed by atoms with Crippen LogP contribution in [0.25, 0.3) is 0 Å². The fourth-order valence-electron chi connectivity index (χ4n) is 1.89. The van der Waals surface area contributed by atoms with Crippen molar-refractivity contribution < 1.29 is 32.7 Å². The maximum atomic E-state index is 12.3. The predicted octanol–water partition coefficient (Wildman–Crippen LogP) is 2.74.